The number of aromatic amines is 1. The molecule has 0 atom stereocenters. The Bertz CT molecular complexity index is 1300. The van der Waals surface area contributed by atoms with Crippen molar-refractivity contribution in [3.8, 4) is 0 Å². The number of carbonyl (C=O) groups is 2. The molecule has 0 radical (unpaired) electrons. The number of hydrogen-bond acceptors (Lipinski definition) is 4. The largest absolute Gasteiger partial charge is 0.361 e. The van der Waals surface area contributed by atoms with Crippen LogP contribution in [0.15, 0.2) is 67.0 Å². The number of fused-ring (bicyclic) bond motifs is 1. The van der Waals surface area contributed by atoms with Gasteiger partial charge in [0.15, 0.2) is 0 Å². The Morgan fingerprint density at radius 2 is 1.67 bits per heavy atom. The van der Waals surface area contributed by atoms with Crippen LogP contribution in [-0.2, 0) is 22.6 Å². The number of carbonyl (C=O) groups excluding carboxylic acids is 2. The van der Waals surface area contributed by atoms with Crippen molar-refractivity contribution in [1.82, 2.24) is 24.9 Å². The lowest BCUT2D eigenvalue weighted by Crippen LogP contribution is -2.26. The summed E-state index contributed by atoms with van der Waals surface area (Å²) in [5, 5.41) is 9.28. The van der Waals surface area contributed by atoms with Gasteiger partial charge < -0.3 is 4.98 Å². The highest BCUT2D eigenvalue weighted by atomic mass is 16.2. The molecule has 0 fully saturated rings. The predicted octanol–water partition coefficient (Wildman–Crippen LogP) is 2.91. The molecule has 0 bridgehead atoms. The highest BCUT2D eigenvalue weighted by Crippen LogP contribution is 2.37. The predicted molar refractivity (Wildman–Crippen MR) is 113 cm³/mol. The van der Waals surface area contributed by atoms with E-state index in [9.17, 15) is 9.59 Å². The molecule has 2 aromatic carbocycles. The van der Waals surface area contributed by atoms with E-state index in [1.807, 2.05) is 42.5 Å². The molecule has 0 saturated heterocycles. The molecule has 7 nitrogen and oxygen atoms in total. The van der Waals surface area contributed by atoms with Crippen LogP contribution in [0.2, 0.25) is 0 Å². The van der Waals surface area contributed by atoms with E-state index in [0.29, 0.717) is 28.9 Å². The van der Waals surface area contributed by atoms with Crippen LogP contribution in [0.5, 0.6) is 0 Å². The molecule has 7 heteroatoms. The highest BCUT2D eigenvalue weighted by molar-refractivity contribution is 6.49. The van der Waals surface area contributed by atoms with E-state index < -0.39 is 0 Å². The number of para-hydroxylation sites is 1. The molecule has 1 aliphatic rings. The van der Waals surface area contributed by atoms with E-state index in [2.05, 4.69) is 27.4 Å². The fourth-order valence-corrected chi connectivity index (χ4v) is 3.82. The molecule has 2 aromatic heterocycles. The van der Waals surface area contributed by atoms with Crippen molar-refractivity contribution in [2.24, 2.45) is 0 Å². The summed E-state index contributed by atoms with van der Waals surface area (Å²) in [5.41, 5.74) is 3.85. The molecule has 1 aliphatic heterocycles. The van der Waals surface area contributed by atoms with Crippen molar-refractivity contribution in [2.75, 3.05) is 7.05 Å². The van der Waals surface area contributed by atoms with Crippen LogP contribution in [0.1, 0.15) is 16.8 Å². The zero-order valence-corrected chi connectivity index (χ0v) is 16.4. The molecular formula is C23H19N5O2. The van der Waals surface area contributed by atoms with Crippen molar-refractivity contribution in [2.45, 2.75) is 13.0 Å². The van der Waals surface area contributed by atoms with Gasteiger partial charge in [0.05, 0.1) is 17.3 Å². The number of likely N-dealkylation sites (N-methyl/N-ethyl adjacent to an activating group) is 1. The molecule has 0 spiro atoms. The van der Waals surface area contributed by atoms with Crippen LogP contribution in [-0.4, -0.2) is 43.7 Å². The SMILES string of the molecule is CN1C(=O)C(c2cn(CCc3ccccc3)nn2)=C(c2c[nH]c3ccccc23)C1=O. The van der Waals surface area contributed by atoms with Gasteiger partial charge in [0.1, 0.15) is 5.69 Å². The molecule has 1 N–H and O–H groups in total. The van der Waals surface area contributed by atoms with Gasteiger partial charge >= 0.3 is 0 Å². The van der Waals surface area contributed by atoms with Gasteiger partial charge in [0, 0.05) is 36.3 Å². The molecule has 30 heavy (non-hydrogen) atoms. The van der Waals surface area contributed by atoms with Crippen LogP contribution in [0.25, 0.3) is 22.0 Å². The fourth-order valence-electron chi connectivity index (χ4n) is 3.82. The maximum absolute atomic E-state index is 12.9. The first-order chi connectivity index (χ1) is 14.6. The monoisotopic (exact) mass is 397 g/mol. The van der Waals surface area contributed by atoms with Crippen LogP contribution in [0.4, 0.5) is 0 Å². The van der Waals surface area contributed by atoms with Crippen molar-refractivity contribution < 1.29 is 9.59 Å². The van der Waals surface area contributed by atoms with Gasteiger partial charge in [-0.15, -0.1) is 5.10 Å². The van der Waals surface area contributed by atoms with E-state index in [-0.39, 0.29) is 11.8 Å². The van der Waals surface area contributed by atoms with Gasteiger partial charge in [0.25, 0.3) is 11.8 Å². The number of amides is 2. The number of benzene rings is 2. The zero-order chi connectivity index (χ0) is 20.7. The number of aromatic nitrogens is 4. The van der Waals surface area contributed by atoms with Crippen LogP contribution in [0.3, 0.4) is 0 Å². The smallest absolute Gasteiger partial charge is 0.263 e. The summed E-state index contributed by atoms with van der Waals surface area (Å²) in [6.07, 6.45) is 4.30. The standard InChI is InChI=1S/C23H19N5O2/c1-27-22(29)20(17-13-24-18-10-6-5-9-16(17)18)21(23(27)30)19-14-28(26-25-19)12-11-15-7-3-2-4-8-15/h2-10,13-14,24H,11-12H2,1H3. The van der Waals surface area contributed by atoms with Crippen molar-refractivity contribution in [1.29, 1.82) is 0 Å². The van der Waals surface area contributed by atoms with Gasteiger partial charge in [-0.25, -0.2) is 0 Å². The molecule has 4 aromatic rings. The van der Waals surface area contributed by atoms with Gasteiger partial charge in [-0.05, 0) is 18.1 Å². The van der Waals surface area contributed by atoms with Gasteiger partial charge in [-0.2, -0.15) is 0 Å². The Kier molecular flexibility index (Phi) is 4.28. The topological polar surface area (TPSA) is 83.9 Å². The van der Waals surface area contributed by atoms with Crippen molar-refractivity contribution in [3.05, 3.63) is 83.8 Å². The third kappa shape index (κ3) is 2.91. The maximum Gasteiger partial charge on any atom is 0.263 e. The third-order valence-electron chi connectivity index (χ3n) is 5.41. The van der Waals surface area contributed by atoms with E-state index in [1.165, 1.54) is 12.6 Å². The lowest BCUT2D eigenvalue weighted by atomic mass is 9.99. The van der Waals surface area contributed by atoms with Gasteiger partial charge in [0.2, 0.25) is 0 Å². The number of nitrogens with zero attached hydrogens (tertiary/aromatic N) is 4. The number of aryl methyl sites for hydroxylation is 2. The van der Waals surface area contributed by atoms with Crippen LogP contribution < -0.4 is 0 Å². The maximum atomic E-state index is 12.9. The second kappa shape index (κ2) is 7.11. The molecule has 5 rings (SSSR count). The average Bonchev–Trinajstić information content (AvgIpc) is 3.47. The van der Waals surface area contributed by atoms with Crippen LogP contribution in [0, 0.1) is 0 Å². The second-order valence-electron chi connectivity index (χ2n) is 7.27. The highest BCUT2D eigenvalue weighted by Gasteiger charge is 2.39. The number of H-pyrrole nitrogens is 1. The zero-order valence-electron chi connectivity index (χ0n) is 16.4. The Balaban J connectivity index is 1.54. The normalized spacial score (nSPS) is 14.4. The van der Waals surface area contributed by atoms with E-state index >= 15 is 0 Å². The van der Waals surface area contributed by atoms with Crippen LogP contribution >= 0.6 is 0 Å². The third-order valence-corrected chi connectivity index (χ3v) is 5.41. The minimum Gasteiger partial charge on any atom is -0.361 e. The first-order valence-electron chi connectivity index (χ1n) is 9.71. The minimum absolute atomic E-state index is 0.290. The molecule has 0 unspecified atom stereocenters. The molecular weight excluding hydrogens is 378 g/mol. The Hall–Kier alpha value is -4.00. The lowest BCUT2D eigenvalue weighted by Gasteiger charge is -2.05. The van der Waals surface area contributed by atoms with Gasteiger partial charge in [-0.1, -0.05) is 53.7 Å². The molecule has 3 heterocycles. The quantitative estimate of drug-likeness (QED) is 0.525. The summed E-state index contributed by atoms with van der Waals surface area (Å²) in [6, 6.07) is 17.8. The number of nitrogens with one attached hydrogen (secondary N) is 1. The van der Waals surface area contributed by atoms with Crippen molar-refractivity contribution >= 4 is 33.9 Å². The van der Waals surface area contributed by atoms with E-state index in [1.54, 1.807) is 17.1 Å². The Labute approximate surface area is 172 Å². The summed E-state index contributed by atoms with van der Waals surface area (Å²) in [5.74, 6) is -0.700. The van der Waals surface area contributed by atoms with E-state index in [0.717, 1.165) is 22.2 Å². The molecule has 0 aliphatic carbocycles. The minimum atomic E-state index is -0.365. The Morgan fingerprint density at radius 1 is 0.933 bits per heavy atom. The number of rotatable bonds is 5. The lowest BCUT2D eigenvalue weighted by molar-refractivity contribution is -0.134. The molecule has 0 saturated carbocycles. The first kappa shape index (κ1) is 18.1. The fraction of sp³-hybridized carbons (Fsp3) is 0.130. The summed E-state index contributed by atoms with van der Waals surface area (Å²) >= 11 is 0. The summed E-state index contributed by atoms with van der Waals surface area (Å²) in [7, 11) is 1.49. The molecule has 2 amide bonds. The number of hydrogen-bond donors (Lipinski definition) is 1. The second-order valence-corrected chi connectivity index (χ2v) is 7.27. The van der Waals surface area contributed by atoms with Crippen molar-refractivity contribution in [3.63, 3.8) is 0 Å². The Morgan fingerprint density at radius 3 is 2.50 bits per heavy atom. The summed E-state index contributed by atoms with van der Waals surface area (Å²) in [6.45, 7) is 0.630. The first-order valence-corrected chi connectivity index (χ1v) is 9.71. The number of imide groups is 1. The summed E-state index contributed by atoms with van der Waals surface area (Å²) < 4.78 is 1.71. The van der Waals surface area contributed by atoms with E-state index in [4.69, 9.17) is 0 Å². The van der Waals surface area contributed by atoms with Gasteiger partial charge in [-0.3, -0.25) is 19.2 Å². The molecule has 148 valence electrons. The summed E-state index contributed by atoms with van der Waals surface area (Å²) in [4.78, 5) is 30.2. The average molecular weight is 397 g/mol.